The van der Waals surface area contributed by atoms with Crippen LogP contribution in [-0.4, -0.2) is 12.7 Å². The van der Waals surface area contributed by atoms with Gasteiger partial charge < -0.3 is 5.32 Å². The van der Waals surface area contributed by atoms with Crippen LogP contribution >= 0.6 is 15.9 Å². The molecule has 0 heterocycles. The van der Waals surface area contributed by atoms with Crippen molar-refractivity contribution in [3.63, 3.8) is 0 Å². The molecule has 0 saturated heterocycles. The van der Waals surface area contributed by atoms with Crippen LogP contribution in [0.2, 0.25) is 0 Å². The van der Waals surface area contributed by atoms with E-state index in [0.29, 0.717) is 10.2 Å². The number of hydrogen-bond donors (Lipinski definition) is 1. The van der Waals surface area contributed by atoms with Crippen LogP contribution in [0, 0.1) is 5.82 Å². The van der Waals surface area contributed by atoms with Gasteiger partial charge in [0, 0.05) is 23.1 Å². The summed E-state index contributed by atoms with van der Waals surface area (Å²) in [6.07, 6.45) is -4.95. The molecular formula is C10H10BrF4N. The minimum atomic E-state index is -4.12. The third kappa shape index (κ3) is 4.83. The maximum atomic E-state index is 12.7. The Morgan fingerprint density at radius 2 is 1.94 bits per heavy atom. The molecule has 0 aromatic heterocycles. The third-order valence-electron chi connectivity index (χ3n) is 1.88. The van der Waals surface area contributed by atoms with Gasteiger partial charge in [-0.1, -0.05) is 0 Å². The number of nitrogens with one attached hydrogen (secondary N) is 1. The summed E-state index contributed by atoms with van der Waals surface area (Å²) in [5.74, 6) is -0.396. The SMILES string of the molecule is Fc1ccc(NCCCC(F)(F)F)c(Br)c1. The average molecular weight is 300 g/mol. The van der Waals surface area contributed by atoms with Crippen molar-refractivity contribution in [2.45, 2.75) is 19.0 Å². The molecule has 0 aliphatic heterocycles. The predicted octanol–water partition coefficient (Wildman–Crippen LogP) is 4.34. The lowest BCUT2D eigenvalue weighted by atomic mass is 10.2. The Balaban J connectivity index is 2.38. The highest BCUT2D eigenvalue weighted by atomic mass is 79.9. The Morgan fingerprint density at radius 3 is 2.50 bits per heavy atom. The van der Waals surface area contributed by atoms with E-state index in [1.165, 1.54) is 18.2 Å². The summed E-state index contributed by atoms with van der Waals surface area (Å²) >= 11 is 3.11. The van der Waals surface area contributed by atoms with Crippen molar-refractivity contribution in [1.29, 1.82) is 0 Å². The Bertz CT molecular complexity index is 351. The molecule has 0 unspecified atom stereocenters. The molecule has 0 aliphatic rings. The average Bonchev–Trinajstić information content (AvgIpc) is 2.13. The van der Waals surface area contributed by atoms with E-state index in [4.69, 9.17) is 0 Å². The zero-order chi connectivity index (χ0) is 12.2. The molecule has 0 saturated carbocycles. The lowest BCUT2D eigenvalue weighted by molar-refractivity contribution is -0.134. The second-order valence-electron chi connectivity index (χ2n) is 3.27. The maximum Gasteiger partial charge on any atom is 0.389 e. The van der Waals surface area contributed by atoms with E-state index in [-0.39, 0.29) is 13.0 Å². The number of rotatable bonds is 4. The van der Waals surface area contributed by atoms with Gasteiger partial charge in [-0.05, 0) is 40.5 Å². The molecule has 6 heteroatoms. The van der Waals surface area contributed by atoms with Crippen molar-refractivity contribution in [2.75, 3.05) is 11.9 Å². The topological polar surface area (TPSA) is 12.0 Å². The molecule has 0 aliphatic carbocycles. The molecule has 1 aromatic rings. The first-order chi connectivity index (χ1) is 7.38. The highest BCUT2D eigenvalue weighted by Gasteiger charge is 2.25. The Labute approximate surface area is 99.0 Å². The number of halogens is 5. The van der Waals surface area contributed by atoms with Crippen LogP contribution in [0.1, 0.15) is 12.8 Å². The first kappa shape index (κ1) is 13.3. The fraction of sp³-hybridized carbons (Fsp3) is 0.400. The summed E-state index contributed by atoms with van der Waals surface area (Å²) < 4.78 is 48.7. The Hall–Kier alpha value is -0.780. The minimum Gasteiger partial charge on any atom is -0.384 e. The molecule has 0 spiro atoms. The molecule has 0 bridgehead atoms. The van der Waals surface area contributed by atoms with Crippen LogP contribution in [0.5, 0.6) is 0 Å². The summed E-state index contributed by atoms with van der Waals surface area (Å²) in [5.41, 5.74) is 0.587. The fourth-order valence-electron chi connectivity index (χ4n) is 1.14. The van der Waals surface area contributed by atoms with Gasteiger partial charge in [0.25, 0.3) is 0 Å². The van der Waals surface area contributed by atoms with Gasteiger partial charge in [-0.3, -0.25) is 0 Å². The van der Waals surface area contributed by atoms with Crippen LogP contribution < -0.4 is 5.32 Å². The fourth-order valence-corrected chi connectivity index (χ4v) is 1.64. The van der Waals surface area contributed by atoms with Gasteiger partial charge in [-0.2, -0.15) is 13.2 Å². The highest BCUT2D eigenvalue weighted by Crippen LogP contribution is 2.24. The number of anilines is 1. The summed E-state index contributed by atoms with van der Waals surface area (Å²) in [4.78, 5) is 0. The molecule has 1 aromatic carbocycles. The van der Waals surface area contributed by atoms with Gasteiger partial charge in [0.1, 0.15) is 5.82 Å². The van der Waals surface area contributed by atoms with Gasteiger partial charge >= 0.3 is 6.18 Å². The van der Waals surface area contributed by atoms with Gasteiger partial charge in [0.05, 0.1) is 0 Å². The number of benzene rings is 1. The van der Waals surface area contributed by atoms with E-state index < -0.39 is 18.4 Å². The van der Waals surface area contributed by atoms with Crippen molar-refractivity contribution in [1.82, 2.24) is 0 Å². The second kappa shape index (κ2) is 5.52. The van der Waals surface area contributed by atoms with Crippen LogP contribution in [-0.2, 0) is 0 Å². The van der Waals surface area contributed by atoms with Gasteiger partial charge in [0.15, 0.2) is 0 Å². The predicted molar refractivity (Wildman–Crippen MR) is 57.9 cm³/mol. The Morgan fingerprint density at radius 1 is 1.25 bits per heavy atom. The van der Waals surface area contributed by atoms with E-state index in [0.717, 1.165) is 0 Å². The highest BCUT2D eigenvalue weighted by molar-refractivity contribution is 9.10. The summed E-state index contributed by atoms with van der Waals surface area (Å²) in [6, 6.07) is 3.98. The van der Waals surface area contributed by atoms with Crippen molar-refractivity contribution in [2.24, 2.45) is 0 Å². The normalized spacial score (nSPS) is 11.6. The standard InChI is InChI=1S/C10H10BrF4N/c11-8-6-7(12)2-3-9(8)16-5-1-4-10(13,14)15/h2-3,6,16H,1,4-5H2. The molecular weight excluding hydrogens is 290 g/mol. The maximum absolute atomic E-state index is 12.7. The lowest BCUT2D eigenvalue weighted by Crippen LogP contribution is -2.11. The van der Waals surface area contributed by atoms with Gasteiger partial charge in [0.2, 0.25) is 0 Å². The lowest BCUT2D eigenvalue weighted by Gasteiger charge is -2.09. The van der Waals surface area contributed by atoms with Crippen molar-refractivity contribution < 1.29 is 17.6 Å². The van der Waals surface area contributed by atoms with E-state index in [9.17, 15) is 17.6 Å². The largest absolute Gasteiger partial charge is 0.389 e. The third-order valence-corrected chi connectivity index (χ3v) is 2.54. The van der Waals surface area contributed by atoms with Gasteiger partial charge in [-0.15, -0.1) is 0 Å². The molecule has 1 nitrogen and oxygen atoms in total. The molecule has 0 fully saturated rings. The molecule has 0 amide bonds. The number of alkyl halides is 3. The van der Waals surface area contributed by atoms with Gasteiger partial charge in [-0.25, -0.2) is 4.39 Å². The van der Waals surface area contributed by atoms with Crippen LogP contribution in [0.3, 0.4) is 0 Å². The summed E-state index contributed by atoms with van der Waals surface area (Å²) in [7, 11) is 0. The van der Waals surface area contributed by atoms with E-state index in [1.807, 2.05) is 0 Å². The summed E-state index contributed by atoms with van der Waals surface area (Å²) in [5, 5.41) is 2.80. The smallest absolute Gasteiger partial charge is 0.384 e. The van der Waals surface area contributed by atoms with E-state index in [2.05, 4.69) is 21.2 Å². The van der Waals surface area contributed by atoms with E-state index in [1.54, 1.807) is 0 Å². The first-order valence-electron chi connectivity index (χ1n) is 4.64. The van der Waals surface area contributed by atoms with E-state index >= 15 is 0 Å². The van der Waals surface area contributed by atoms with Crippen molar-refractivity contribution in [3.05, 3.63) is 28.5 Å². The molecule has 0 radical (unpaired) electrons. The van der Waals surface area contributed by atoms with Crippen molar-refractivity contribution in [3.8, 4) is 0 Å². The van der Waals surface area contributed by atoms with Crippen molar-refractivity contribution >= 4 is 21.6 Å². The second-order valence-corrected chi connectivity index (χ2v) is 4.12. The van der Waals surface area contributed by atoms with Crippen LogP contribution in [0.4, 0.5) is 23.2 Å². The number of hydrogen-bond acceptors (Lipinski definition) is 1. The zero-order valence-electron chi connectivity index (χ0n) is 8.24. The van der Waals surface area contributed by atoms with Crippen LogP contribution in [0.25, 0.3) is 0 Å². The zero-order valence-corrected chi connectivity index (χ0v) is 9.83. The molecule has 16 heavy (non-hydrogen) atoms. The quantitative estimate of drug-likeness (QED) is 0.644. The monoisotopic (exact) mass is 299 g/mol. The molecule has 0 atom stereocenters. The Kier molecular flexibility index (Phi) is 4.58. The van der Waals surface area contributed by atoms with Crippen LogP contribution in [0.15, 0.2) is 22.7 Å². The molecule has 1 N–H and O–H groups in total. The minimum absolute atomic E-state index is 0.00663. The summed E-state index contributed by atoms with van der Waals surface area (Å²) in [6.45, 7) is 0.198. The molecule has 90 valence electrons. The first-order valence-corrected chi connectivity index (χ1v) is 5.43. The molecule has 1 rings (SSSR count).